The molecule has 2 amide bonds. The minimum absolute atomic E-state index is 0.0554. The lowest BCUT2D eigenvalue weighted by molar-refractivity contribution is -0.137. The molecule has 4 rings (SSSR count). The second-order valence-corrected chi connectivity index (χ2v) is 8.56. The Bertz CT molecular complexity index is 862. The van der Waals surface area contributed by atoms with Crippen LogP contribution in [0.2, 0.25) is 0 Å². The van der Waals surface area contributed by atoms with Crippen LogP contribution in [0.25, 0.3) is 11.0 Å². The number of likely N-dealkylation sites (tertiary alicyclic amines) is 2. The largest absolute Gasteiger partial charge is 0.451 e. The van der Waals surface area contributed by atoms with E-state index < -0.39 is 0 Å². The molecule has 0 unspecified atom stereocenters. The number of carbonyl (C=O) groups excluding carboxylic acids is 2. The van der Waals surface area contributed by atoms with Crippen LogP contribution in [0, 0.1) is 12.8 Å². The summed E-state index contributed by atoms with van der Waals surface area (Å²) in [6, 6.07) is 5.78. The van der Waals surface area contributed by atoms with E-state index in [4.69, 9.17) is 4.42 Å². The van der Waals surface area contributed by atoms with Gasteiger partial charge in [-0.15, -0.1) is 0 Å². The number of rotatable bonds is 2. The maximum Gasteiger partial charge on any atom is 0.289 e. The zero-order chi connectivity index (χ0) is 19.0. The first-order chi connectivity index (χ1) is 13.0. The second-order valence-electron chi connectivity index (χ2n) is 7.65. The predicted molar refractivity (Wildman–Crippen MR) is 108 cm³/mol. The molecule has 0 N–H and O–H groups in total. The summed E-state index contributed by atoms with van der Waals surface area (Å²) in [5.74, 6) is 0.694. The van der Waals surface area contributed by atoms with Gasteiger partial charge in [0.05, 0.1) is 0 Å². The molecule has 144 valence electrons. The smallest absolute Gasteiger partial charge is 0.289 e. The molecule has 6 heteroatoms. The summed E-state index contributed by atoms with van der Waals surface area (Å²) in [5, 5.41) is 0.961. The number of aryl methyl sites for hydroxylation is 1. The number of carbonyl (C=O) groups is 2. The molecule has 2 aliphatic heterocycles. The van der Waals surface area contributed by atoms with Crippen molar-refractivity contribution in [3.63, 3.8) is 0 Å². The van der Waals surface area contributed by atoms with Crippen LogP contribution in [0.15, 0.2) is 27.1 Å². The van der Waals surface area contributed by atoms with Crippen molar-refractivity contribution in [3.05, 3.63) is 34.0 Å². The number of furan rings is 1. The van der Waals surface area contributed by atoms with Crippen LogP contribution in [0.5, 0.6) is 0 Å². The highest BCUT2D eigenvalue weighted by Gasteiger charge is 2.32. The van der Waals surface area contributed by atoms with Gasteiger partial charge in [0.25, 0.3) is 5.91 Å². The maximum atomic E-state index is 13.0. The van der Waals surface area contributed by atoms with E-state index in [-0.39, 0.29) is 17.7 Å². The topological polar surface area (TPSA) is 53.8 Å². The molecule has 0 radical (unpaired) electrons. The Labute approximate surface area is 167 Å². The van der Waals surface area contributed by atoms with Crippen molar-refractivity contribution in [2.24, 2.45) is 5.92 Å². The number of fused-ring (bicyclic) bond motifs is 1. The molecule has 2 aromatic rings. The molecule has 0 saturated carbocycles. The average Bonchev–Trinajstić information content (AvgIpc) is 3.04. The minimum atomic E-state index is -0.0660. The van der Waals surface area contributed by atoms with E-state index >= 15 is 0 Å². The molecule has 0 atom stereocenters. The lowest BCUT2D eigenvalue weighted by atomic mass is 9.94. The van der Waals surface area contributed by atoms with Crippen LogP contribution in [-0.4, -0.2) is 47.8 Å². The number of amides is 2. The molecule has 0 bridgehead atoms. The van der Waals surface area contributed by atoms with Gasteiger partial charge in [0, 0.05) is 47.5 Å². The summed E-state index contributed by atoms with van der Waals surface area (Å²) in [7, 11) is 0. The van der Waals surface area contributed by atoms with Crippen molar-refractivity contribution >= 4 is 38.7 Å². The normalized spacial score (nSPS) is 18.9. The molecule has 1 aromatic carbocycles. The quantitative estimate of drug-likeness (QED) is 0.707. The molecule has 2 fully saturated rings. The monoisotopic (exact) mass is 432 g/mol. The van der Waals surface area contributed by atoms with E-state index in [0.29, 0.717) is 18.8 Å². The van der Waals surface area contributed by atoms with Gasteiger partial charge in [-0.05, 0) is 57.2 Å². The van der Waals surface area contributed by atoms with Crippen molar-refractivity contribution in [3.8, 4) is 0 Å². The predicted octanol–water partition coefficient (Wildman–Crippen LogP) is 4.37. The highest BCUT2D eigenvalue weighted by atomic mass is 79.9. The summed E-state index contributed by atoms with van der Waals surface area (Å²) in [4.78, 5) is 29.5. The van der Waals surface area contributed by atoms with Gasteiger partial charge < -0.3 is 14.2 Å². The lowest BCUT2D eigenvalue weighted by Crippen LogP contribution is -2.45. The summed E-state index contributed by atoms with van der Waals surface area (Å²) < 4.78 is 6.82. The van der Waals surface area contributed by atoms with Gasteiger partial charge in [0.2, 0.25) is 5.91 Å². The van der Waals surface area contributed by atoms with E-state index in [1.165, 1.54) is 6.42 Å². The van der Waals surface area contributed by atoms with Crippen LogP contribution in [0.1, 0.15) is 48.2 Å². The summed E-state index contributed by atoms with van der Waals surface area (Å²) in [5.41, 5.74) is 1.61. The van der Waals surface area contributed by atoms with Crippen molar-refractivity contribution in [2.75, 3.05) is 26.2 Å². The van der Waals surface area contributed by atoms with Crippen LogP contribution in [0.3, 0.4) is 0 Å². The van der Waals surface area contributed by atoms with Crippen LogP contribution < -0.4 is 0 Å². The van der Waals surface area contributed by atoms with Gasteiger partial charge >= 0.3 is 0 Å². The van der Waals surface area contributed by atoms with E-state index in [2.05, 4.69) is 15.9 Å². The first kappa shape index (κ1) is 18.5. The Morgan fingerprint density at radius 3 is 2.44 bits per heavy atom. The average molecular weight is 433 g/mol. The fourth-order valence-electron chi connectivity index (χ4n) is 4.24. The lowest BCUT2D eigenvalue weighted by Gasteiger charge is -2.35. The van der Waals surface area contributed by atoms with Gasteiger partial charge in [-0.2, -0.15) is 0 Å². The molecular weight excluding hydrogens is 408 g/mol. The number of nitrogens with zero attached hydrogens (tertiary/aromatic N) is 2. The Morgan fingerprint density at radius 2 is 1.74 bits per heavy atom. The van der Waals surface area contributed by atoms with Crippen LogP contribution in [-0.2, 0) is 4.79 Å². The summed E-state index contributed by atoms with van der Waals surface area (Å²) in [6.07, 6.45) is 4.94. The Hall–Kier alpha value is -1.82. The SMILES string of the molecule is Cc1c(C(=O)N2CCC(C(=O)N3CCCCC3)CC2)oc2ccc(Br)cc12. The number of benzene rings is 1. The van der Waals surface area contributed by atoms with Gasteiger partial charge in [0.1, 0.15) is 5.58 Å². The molecule has 0 aliphatic carbocycles. The Morgan fingerprint density at radius 1 is 1.04 bits per heavy atom. The molecule has 2 saturated heterocycles. The van der Waals surface area contributed by atoms with Gasteiger partial charge in [-0.3, -0.25) is 9.59 Å². The van der Waals surface area contributed by atoms with E-state index in [9.17, 15) is 9.59 Å². The van der Waals surface area contributed by atoms with E-state index in [1.807, 2.05) is 34.9 Å². The van der Waals surface area contributed by atoms with Crippen molar-refractivity contribution in [1.82, 2.24) is 9.80 Å². The third kappa shape index (κ3) is 3.64. The van der Waals surface area contributed by atoms with Gasteiger partial charge in [-0.25, -0.2) is 0 Å². The second kappa shape index (κ2) is 7.66. The number of halogens is 1. The number of hydrogen-bond donors (Lipinski definition) is 0. The van der Waals surface area contributed by atoms with Crippen molar-refractivity contribution in [2.45, 2.75) is 39.0 Å². The summed E-state index contributed by atoms with van der Waals surface area (Å²) >= 11 is 3.47. The standard InChI is InChI=1S/C21H25BrN2O3/c1-14-17-13-16(22)5-6-18(17)27-19(14)21(26)24-11-7-15(8-12-24)20(25)23-9-3-2-4-10-23/h5-6,13,15H,2-4,7-12H2,1H3. The third-order valence-corrected chi connectivity index (χ3v) is 6.38. The minimum Gasteiger partial charge on any atom is -0.451 e. The number of hydrogen-bond acceptors (Lipinski definition) is 3. The molecule has 27 heavy (non-hydrogen) atoms. The molecule has 2 aliphatic rings. The van der Waals surface area contributed by atoms with E-state index in [1.54, 1.807) is 0 Å². The Kier molecular flexibility index (Phi) is 5.26. The fraction of sp³-hybridized carbons (Fsp3) is 0.524. The van der Waals surface area contributed by atoms with E-state index in [0.717, 1.165) is 59.8 Å². The zero-order valence-corrected chi connectivity index (χ0v) is 17.3. The molecular formula is C21H25BrN2O3. The molecule has 1 aromatic heterocycles. The van der Waals surface area contributed by atoms with Gasteiger partial charge in [0.15, 0.2) is 5.76 Å². The molecule has 3 heterocycles. The Balaban J connectivity index is 1.43. The van der Waals surface area contributed by atoms with Crippen LogP contribution in [0.4, 0.5) is 0 Å². The maximum absolute atomic E-state index is 13.0. The first-order valence-electron chi connectivity index (χ1n) is 9.81. The molecule has 5 nitrogen and oxygen atoms in total. The van der Waals surface area contributed by atoms with Crippen molar-refractivity contribution in [1.29, 1.82) is 0 Å². The highest BCUT2D eigenvalue weighted by Crippen LogP contribution is 2.30. The molecule has 0 spiro atoms. The third-order valence-electron chi connectivity index (χ3n) is 5.89. The first-order valence-corrected chi connectivity index (χ1v) is 10.6. The zero-order valence-electron chi connectivity index (χ0n) is 15.7. The number of piperidine rings is 2. The van der Waals surface area contributed by atoms with Crippen molar-refractivity contribution < 1.29 is 14.0 Å². The summed E-state index contributed by atoms with van der Waals surface area (Å²) in [6.45, 7) is 4.95. The van der Waals surface area contributed by atoms with Crippen LogP contribution >= 0.6 is 15.9 Å². The van der Waals surface area contributed by atoms with Gasteiger partial charge in [-0.1, -0.05) is 15.9 Å². The fourth-order valence-corrected chi connectivity index (χ4v) is 4.60. The highest BCUT2D eigenvalue weighted by molar-refractivity contribution is 9.10.